The topological polar surface area (TPSA) is 73.3 Å². The predicted molar refractivity (Wildman–Crippen MR) is 113 cm³/mol. The molecule has 0 aliphatic carbocycles. The summed E-state index contributed by atoms with van der Waals surface area (Å²) < 4.78 is 0. The molecule has 0 aliphatic heterocycles. The number of H-pyrrole nitrogens is 1. The predicted octanol–water partition coefficient (Wildman–Crippen LogP) is 5.20. The van der Waals surface area contributed by atoms with Crippen LogP contribution in [-0.4, -0.2) is 15.2 Å². The van der Waals surface area contributed by atoms with Crippen LogP contribution in [0, 0.1) is 0 Å². The van der Waals surface area contributed by atoms with Crippen LogP contribution >= 0.6 is 23.4 Å². The average Bonchev–Trinajstić information content (AvgIpc) is 2.72. The number of pyridine rings is 1. The number of rotatable bonds is 4. The first-order valence-electron chi connectivity index (χ1n) is 8.58. The molecule has 0 fully saturated rings. The van der Waals surface area contributed by atoms with Gasteiger partial charge in [0.15, 0.2) is 0 Å². The molecular weight excluding hydrogens is 394 g/mol. The second-order valence-corrected chi connectivity index (χ2v) is 7.77. The molecule has 0 amide bonds. The molecule has 0 saturated heterocycles. The summed E-state index contributed by atoms with van der Waals surface area (Å²) >= 11 is 7.64. The molecule has 0 bridgehead atoms. The number of hydrogen-bond acceptors (Lipinski definition) is 4. The van der Waals surface area contributed by atoms with Gasteiger partial charge >= 0.3 is 0 Å². The monoisotopic (exact) mass is 409 g/mol. The van der Waals surface area contributed by atoms with E-state index < -0.39 is 0 Å². The van der Waals surface area contributed by atoms with E-state index in [1.165, 1.54) is 11.8 Å². The second-order valence-electron chi connectivity index (χ2n) is 6.28. The van der Waals surface area contributed by atoms with Gasteiger partial charge in [0.1, 0.15) is 10.6 Å². The van der Waals surface area contributed by atoms with Gasteiger partial charge in [0.25, 0.3) is 5.56 Å². The lowest BCUT2D eigenvalue weighted by atomic mass is 10.0. The minimum absolute atomic E-state index is 0.0339. The quantitative estimate of drug-likeness (QED) is 0.433. The van der Waals surface area contributed by atoms with E-state index in [0.29, 0.717) is 15.9 Å². The molecule has 4 rings (SSSR count). The lowest BCUT2D eigenvalue weighted by molar-refractivity contribution is 0.282. The summed E-state index contributed by atoms with van der Waals surface area (Å²) in [6.45, 7) is -0.0339. The Morgan fingerprint density at radius 1 is 1.00 bits per heavy atom. The number of halogens is 1. The molecule has 1 heterocycles. The van der Waals surface area contributed by atoms with Crippen LogP contribution in [0.2, 0.25) is 5.02 Å². The third-order valence-electron chi connectivity index (χ3n) is 4.44. The van der Waals surface area contributed by atoms with Crippen molar-refractivity contribution in [1.82, 2.24) is 4.98 Å². The summed E-state index contributed by atoms with van der Waals surface area (Å²) in [5, 5.41) is 21.0. The van der Waals surface area contributed by atoms with Crippen LogP contribution in [0.3, 0.4) is 0 Å². The molecule has 0 unspecified atom stereocenters. The zero-order chi connectivity index (χ0) is 19.7. The molecule has 0 radical (unpaired) electrons. The van der Waals surface area contributed by atoms with Gasteiger partial charge in [-0.1, -0.05) is 65.8 Å². The Balaban J connectivity index is 1.86. The molecule has 0 atom stereocenters. The van der Waals surface area contributed by atoms with Crippen LogP contribution in [0.4, 0.5) is 0 Å². The summed E-state index contributed by atoms with van der Waals surface area (Å²) in [6.07, 6.45) is 0. The van der Waals surface area contributed by atoms with Gasteiger partial charge in [-0.2, -0.15) is 0 Å². The summed E-state index contributed by atoms with van der Waals surface area (Å²) in [6, 6.07) is 20.2. The fourth-order valence-corrected chi connectivity index (χ4v) is 4.15. The number of aliphatic hydroxyl groups is 1. The molecule has 1 aromatic heterocycles. The second kappa shape index (κ2) is 7.72. The largest absolute Gasteiger partial charge is 0.506 e. The van der Waals surface area contributed by atoms with E-state index in [0.717, 1.165) is 21.6 Å². The van der Waals surface area contributed by atoms with Gasteiger partial charge in [0.2, 0.25) is 0 Å². The fraction of sp³-hybridized carbons (Fsp3) is 0.0455. The maximum absolute atomic E-state index is 12.5. The normalized spacial score (nSPS) is 11.1. The van der Waals surface area contributed by atoms with Gasteiger partial charge < -0.3 is 15.2 Å². The van der Waals surface area contributed by atoms with E-state index in [1.807, 2.05) is 54.6 Å². The third-order valence-corrected chi connectivity index (χ3v) is 5.85. The van der Waals surface area contributed by atoms with Crippen LogP contribution in [-0.2, 0) is 6.61 Å². The minimum Gasteiger partial charge on any atom is -0.506 e. The molecule has 4 nitrogen and oxygen atoms in total. The van der Waals surface area contributed by atoms with Crippen molar-refractivity contribution in [2.45, 2.75) is 16.4 Å². The molecule has 3 aromatic carbocycles. The van der Waals surface area contributed by atoms with Crippen molar-refractivity contribution in [3.8, 4) is 16.9 Å². The molecule has 0 saturated carbocycles. The maximum Gasteiger partial charge on any atom is 0.266 e. The molecule has 4 aromatic rings. The standard InChI is InChI=1S/C22H16ClNO3S/c23-18-11-19-17(10-16(18)14-8-6-13(12-25)7-9-14)20(26)21(22(27)24-19)28-15-4-2-1-3-5-15/h1-11,25H,12H2,(H2,24,26,27). The Kier molecular flexibility index (Phi) is 5.13. The van der Waals surface area contributed by atoms with Crippen LogP contribution in [0.15, 0.2) is 81.3 Å². The number of nitrogens with one attached hydrogen (secondary N) is 1. The third kappa shape index (κ3) is 3.52. The highest BCUT2D eigenvalue weighted by Gasteiger charge is 2.16. The highest BCUT2D eigenvalue weighted by Crippen LogP contribution is 2.39. The first kappa shape index (κ1) is 18.6. The van der Waals surface area contributed by atoms with E-state index in [9.17, 15) is 15.0 Å². The number of hydrogen-bond donors (Lipinski definition) is 3. The van der Waals surface area contributed by atoms with Gasteiger partial charge in [-0.3, -0.25) is 4.79 Å². The van der Waals surface area contributed by atoms with Crippen molar-refractivity contribution in [3.63, 3.8) is 0 Å². The van der Waals surface area contributed by atoms with E-state index in [-0.39, 0.29) is 22.8 Å². The van der Waals surface area contributed by atoms with Crippen LogP contribution in [0.1, 0.15) is 5.56 Å². The Labute approximate surface area is 170 Å². The van der Waals surface area contributed by atoms with E-state index in [4.69, 9.17) is 11.6 Å². The van der Waals surface area contributed by atoms with Crippen molar-refractivity contribution in [2.24, 2.45) is 0 Å². The molecule has 0 spiro atoms. The lowest BCUT2D eigenvalue weighted by Crippen LogP contribution is -2.08. The SMILES string of the molecule is O=c1[nH]c2cc(Cl)c(-c3ccc(CO)cc3)cc2c(O)c1Sc1ccccc1. The van der Waals surface area contributed by atoms with Gasteiger partial charge in [-0.15, -0.1) is 0 Å². The Morgan fingerprint density at radius 2 is 1.71 bits per heavy atom. The number of aliphatic hydroxyl groups excluding tert-OH is 1. The Bertz CT molecular complexity index is 1200. The van der Waals surface area contributed by atoms with E-state index in [1.54, 1.807) is 12.1 Å². The van der Waals surface area contributed by atoms with Crippen LogP contribution in [0.25, 0.3) is 22.0 Å². The summed E-state index contributed by atoms with van der Waals surface area (Å²) in [4.78, 5) is 16.4. The van der Waals surface area contributed by atoms with Crippen LogP contribution in [0.5, 0.6) is 5.75 Å². The zero-order valence-corrected chi connectivity index (χ0v) is 16.2. The molecule has 3 N–H and O–H groups in total. The number of aromatic hydroxyl groups is 1. The van der Waals surface area contributed by atoms with Crippen molar-refractivity contribution in [1.29, 1.82) is 0 Å². The fourth-order valence-electron chi connectivity index (χ4n) is 2.99. The molecule has 0 aliphatic rings. The number of aromatic amines is 1. The van der Waals surface area contributed by atoms with Crippen LogP contribution < -0.4 is 5.56 Å². The van der Waals surface area contributed by atoms with Gasteiger partial charge in [0.05, 0.1) is 17.1 Å². The Hall–Kier alpha value is -2.73. The highest BCUT2D eigenvalue weighted by molar-refractivity contribution is 7.99. The summed E-state index contributed by atoms with van der Waals surface area (Å²) in [5.41, 5.74) is 2.49. The first-order chi connectivity index (χ1) is 13.6. The Morgan fingerprint density at radius 3 is 2.39 bits per heavy atom. The summed E-state index contributed by atoms with van der Waals surface area (Å²) in [5.74, 6) is -0.0718. The summed E-state index contributed by atoms with van der Waals surface area (Å²) in [7, 11) is 0. The molecule has 28 heavy (non-hydrogen) atoms. The maximum atomic E-state index is 12.5. The minimum atomic E-state index is -0.366. The molecule has 140 valence electrons. The molecule has 6 heteroatoms. The average molecular weight is 410 g/mol. The van der Waals surface area contributed by atoms with Crippen molar-refractivity contribution < 1.29 is 10.2 Å². The number of benzene rings is 3. The van der Waals surface area contributed by atoms with Crippen molar-refractivity contribution in [2.75, 3.05) is 0 Å². The number of aromatic nitrogens is 1. The van der Waals surface area contributed by atoms with Gasteiger partial charge in [-0.05, 0) is 35.4 Å². The van der Waals surface area contributed by atoms with E-state index in [2.05, 4.69) is 4.98 Å². The van der Waals surface area contributed by atoms with Crippen molar-refractivity contribution >= 4 is 34.3 Å². The molecular formula is C22H16ClNO3S. The zero-order valence-electron chi connectivity index (χ0n) is 14.6. The van der Waals surface area contributed by atoms with E-state index >= 15 is 0 Å². The van der Waals surface area contributed by atoms with Gasteiger partial charge in [-0.25, -0.2) is 0 Å². The van der Waals surface area contributed by atoms with Gasteiger partial charge in [0, 0.05) is 15.8 Å². The smallest absolute Gasteiger partial charge is 0.266 e. The lowest BCUT2D eigenvalue weighted by Gasteiger charge is -2.11. The van der Waals surface area contributed by atoms with Crippen molar-refractivity contribution in [3.05, 3.63) is 87.7 Å². The number of fused-ring (bicyclic) bond motifs is 1. The first-order valence-corrected chi connectivity index (χ1v) is 9.78. The highest BCUT2D eigenvalue weighted by atomic mass is 35.5.